The quantitative estimate of drug-likeness (QED) is 0.831. The summed E-state index contributed by atoms with van der Waals surface area (Å²) in [5.41, 5.74) is 0.0419. The number of benzene rings is 1. The van der Waals surface area contributed by atoms with Crippen LogP contribution in [0.5, 0.6) is 0 Å². The third kappa shape index (κ3) is 2.55. The molecule has 0 spiro atoms. The maximum Gasteiger partial charge on any atom is 0.123 e. The van der Waals surface area contributed by atoms with Crippen LogP contribution in [0.3, 0.4) is 0 Å². The van der Waals surface area contributed by atoms with Crippen LogP contribution < -0.4 is 0 Å². The van der Waals surface area contributed by atoms with E-state index in [1.165, 1.54) is 12.1 Å². The Hall–Kier alpha value is -0.930. The Morgan fingerprint density at radius 2 is 1.93 bits per heavy atom. The molecule has 2 atom stereocenters. The summed E-state index contributed by atoms with van der Waals surface area (Å²) in [6, 6.07) is 5.83. The fraction of sp³-hybridized carbons (Fsp3) is 0.500. The minimum Gasteiger partial charge on any atom is -0.385 e. The van der Waals surface area contributed by atoms with Crippen LogP contribution >= 0.6 is 0 Å². The first-order valence-corrected chi connectivity index (χ1v) is 5.02. The largest absolute Gasteiger partial charge is 0.385 e. The second-order valence-corrected chi connectivity index (χ2v) is 3.82. The highest BCUT2D eigenvalue weighted by Gasteiger charge is 2.32. The highest BCUT2D eigenvalue weighted by molar-refractivity contribution is 5.21. The molecule has 1 aromatic rings. The molecular weight excluding hydrogens is 195 g/mol. The van der Waals surface area contributed by atoms with Crippen molar-refractivity contribution in [3.05, 3.63) is 35.6 Å². The average molecular weight is 212 g/mol. The lowest BCUT2D eigenvalue weighted by molar-refractivity contribution is -0.0944. The van der Waals surface area contributed by atoms with Crippen molar-refractivity contribution in [2.45, 2.75) is 32.0 Å². The van der Waals surface area contributed by atoms with Crippen LogP contribution in [0.25, 0.3) is 0 Å². The number of aliphatic hydroxyl groups is 1. The molecule has 0 saturated carbocycles. The molecule has 0 heterocycles. The first kappa shape index (κ1) is 12.1. The number of hydrogen-bond acceptors (Lipinski definition) is 2. The van der Waals surface area contributed by atoms with E-state index in [0.717, 1.165) is 0 Å². The van der Waals surface area contributed by atoms with Crippen LogP contribution in [-0.4, -0.2) is 17.8 Å². The van der Waals surface area contributed by atoms with Gasteiger partial charge in [0.2, 0.25) is 0 Å². The van der Waals surface area contributed by atoms with Gasteiger partial charge in [0.25, 0.3) is 0 Å². The first-order chi connectivity index (χ1) is 7.03. The maximum atomic E-state index is 12.7. The molecule has 0 aliphatic rings. The Morgan fingerprint density at radius 1 is 1.40 bits per heavy atom. The molecule has 0 aromatic heterocycles. The van der Waals surface area contributed by atoms with Crippen LogP contribution in [0.4, 0.5) is 4.39 Å². The van der Waals surface area contributed by atoms with Crippen LogP contribution in [0.2, 0.25) is 0 Å². The van der Waals surface area contributed by atoms with Gasteiger partial charge in [0.15, 0.2) is 0 Å². The number of halogens is 1. The second kappa shape index (κ2) is 4.73. The minimum absolute atomic E-state index is 0.304. The van der Waals surface area contributed by atoms with Crippen molar-refractivity contribution < 1.29 is 14.2 Å². The lowest BCUT2D eigenvalue weighted by Gasteiger charge is -2.32. The molecule has 1 rings (SSSR count). The summed E-state index contributed by atoms with van der Waals surface area (Å²) in [5, 5.41) is 10.1. The average Bonchev–Trinajstić information content (AvgIpc) is 2.28. The molecule has 0 bridgehead atoms. The molecule has 1 N–H and O–H groups in total. The standard InChI is InChI=1S/C12H17FO2/c1-4-12(2,15-3)11(14)9-5-7-10(13)8-6-9/h5-8,11,14H,4H2,1-3H3. The normalized spacial score (nSPS) is 17.1. The molecule has 84 valence electrons. The molecule has 2 unspecified atom stereocenters. The first-order valence-electron chi connectivity index (χ1n) is 5.02. The molecule has 0 fully saturated rings. The van der Waals surface area contributed by atoms with E-state index in [9.17, 15) is 9.50 Å². The molecule has 3 heteroatoms. The van der Waals surface area contributed by atoms with Gasteiger partial charge in [-0.25, -0.2) is 4.39 Å². The predicted octanol–water partition coefficient (Wildman–Crippen LogP) is 2.67. The number of rotatable bonds is 4. The lowest BCUT2D eigenvalue weighted by atomic mass is 9.90. The molecule has 1 aromatic carbocycles. The molecule has 0 saturated heterocycles. The molecule has 0 radical (unpaired) electrons. The van der Waals surface area contributed by atoms with Crippen LogP contribution in [-0.2, 0) is 4.74 Å². The van der Waals surface area contributed by atoms with Crippen molar-refractivity contribution in [2.75, 3.05) is 7.11 Å². The number of ether oxygens (including phenoxy) is 1. The predicted molar refractivity (Wildman–Crippen MR) is 57.1 cm³/mol. The summed E-state index contributed by atoms with van der Waals surface area (Å²) < 4.78 is 18.0. The number of methoxy groups -OCH3 is 1. The van der Waals surface area contributed by atoms with Gasteiger partial charge in [0, 0.05) is 7.11 Å². The fourth-order valence-corrected chi connectivity index (χ4v) is 1.45. The maximum absolute atomic E-state index is 12.7. The summed E-state index contributed by atoms with van der Waals surface area (Å²) in [7, 11) is 1.57. The van der Waals surface area contributed by atoms with Crippen molar-refractivity contribution in [3.63, 3.8) is 0 Å². The summed E-state index contributed by atoms with van der Waals surface area (Å²) >= 11 is 0. The summed E-state index contributed by atoms with van der Waals surface area (Å²) in [6.07, 6.45) is -0.0599. The van der Waals surface area contributed by atoms with Gasteiger partial charge < -0.3 is 9.84 Å². The fourth-order valence-electron chi connectivity index (χ4n) is 1.45. The van der Waals surface area contributed by atoms with Gasteiger partial charge in [-0.05, 0) is 31.0 Å². The van der Waals surface area contributed by atoms with Crippen molar-refractivity contribution >= 4 is 0 Å². The van der Waals surface area contributed by atoms with Gasteiger partial charge in [0.05, 0.1) is 5.60 Å². The molecule has 0 aliphatic heterocycles. The van der Waals surface area contributed by atoms with Crippen LogP contribution in [0.1, 0.15) is 31.9 Å². The molecular formula is C12H17FO2. The summed E-state index contributed by atoms with van der Waals surface area (Å²) in [6.45, 7) is 3.78. The molecule has 2 nitrogen and oxygen atoms in total. The summed E-state index contributed by atoms with van der Waals surface area (Å²) in [5.74, 6) is -0.304. The third-order valence-corrected chi connectivity index (χ3v) is 2.93. The highest BCUT2D eigenvalue weighted by atomic mass is 19.1. The van der Waals surface area contributed by atoms with Crippen LogP contribution in [0, 0.1) is 5.82 Å². The topological polar surface area (TPSA) is 29.5 Å². The summed E-state index contributed by atoms with van der Waals surface area (Å²) in [4.78, 5) is 0. The van der Waals surface area contributed by atoms with Gasteiger partial charge in [-0.2, -0.15) is 0 Å². The SMILES string of the molecule is CCC(C)(OC)C(O)c1ccc(F)cc1. The van der Waals surface area contributed by atoms with Gasteiger partial charge in [-0.15, -0.1) is 0 Å². The monoisotopic (exact) mass is 212 g/mol. The number of hydrogen-bond donors (Lipinski definition) is 1. The van der Waals surface area contributed by atoms with Gasteiger partial charge >= 0.3 is 0 Å². The van der Waals surface area contributed by atoms with E-state index >= 15 is 0 Å². The van der Waals surface area contributed by atoms with Crippen molar-refractivity contribution in [1.29, 1.82) is 0 Å². The Bertz CT molecular complexity index is 304. The second-order valence-electron chi connectivity index (χ2n) is 3.82. The van der Waals surface area contributed by atoms with Crippen molar-refractivity contribution in [3.8, 4) is 0 Å². The van der Waals surface area contributed by atoms with Gasteiger partial charge in [-0.1, -0.05) is 19.1 Å². The van der Waals surface area contributed by atoms with E-state index in [2.05, 4.69) is 0 Å². The zero-order chi connectivity index (χ0) is 11.5. The van der Waals surface area contributed by atoms with E-state index in [0.29, 0.717) is 12.0 Å². The van der Waals surface area contributed by atoms with Crippen LogP contribution in [0.15, 0.2) is 24.3 Å². The Labute approximate surface area is 89.7 Å². The molecule has 0 aliphatic carbocycles. The number of aliphatic hydroxyl groups excluding tert-OH is 1. The zero-order valence-corrected chi connectivity index (χ0v) is 9.33. The van der Waals surface area contributed by atoms with Crippen molar-refractivity contribution in [1.82, 2.24) is 0 Å². The van der Waals surface area contributed by atoms with E-state index in [1.807, 2.05) is 13.8 Å². The van der Waals surface area contributed by atoms with E-state index in [4.69, 9.17) is 4.74 Å². The third-order valence-electron chi connectivity index (χ3n) is 2.93. The Balaban J connectivity index is 2.92. The lowest BCUT2D eigenvalue weighted by Crippen LogP contribution is -2.34. The molecule has 15 heavy (non-hydrogen) atoms. The Morgan fingerprint density at radius 3 is 2.33 bits per heavy atom. The molecule has 0 amide bonds. The van der Waals surface area contributed by atoms with E-state index in [-0.39, 0.29) is 5.82 Å². The van der Waals surface area contributed by atoms with E-state index in [1.54, 1.807) is 19.2 Å². The van der Waals surface area contributed by atoms with Gasteiger partial charge in [-0.3, -0.25) is 0 Å². The van der Waals surface area contributed by atoms with Crippen molar-refractivity contribution in [2.24, 2.45) is 0 Å². The van der Waals surface area contributed by atoms with Gasteiger partial charge in [0.1, 0.15) is 11.9 Å². The zero-order valence-electron chi connectivity index (χ0n) is 9.33. The smallest absolute Gasteiger partial charge is 0.123 e. The highest BCUT2D eigenvalue weighted by Crippen LogP contribution is 2.31. The van der Waals surface area contributed by atoms with E-state index < -0.39 is 11.7 Å². The Kier molecular flexibility index (Phi) is 3.83. The minimum atomic E-state index is -0.743.